The van der Waals surface area contributed by atoms with Crippen molar-refractivity contribution in [3.63, 3.8) is 0 Å². The monoisotopic (exact) mass is 717 g/mol. The van der Waals surface area contributed by atoms with Crippen molar-refractivity contribution in [2.45, 2.75) is 18.7 Å². The number of anilines is 1. The number of hydrogen-bond donors (Lipinski definition) is 3. The minimum absolute atomic E-state index is 0.0219. The normalized spacial score (nSPS) is 16.3. The highest BCUT2D eigenvalue weighted by atomic mass is 79.9. The van der Waals surface area contributed by atoms with Crippen molar-refractivity contribution in [3.8, 4) is 23.0 Å². The number of hydrogen-bond acceptors (Lipinski definition) is 8. The number of halogens is 1. The summed E-state index contributed by atoms with van der Waals surface area (Å²) in [6.07, 6.45) is 0. The lowest BCUT2D eigenvalue weighted by atomic mass is 9.77. The van der Waals surface area contributed by atoms with Gasteiger partial charge in [0.25, 0.3) is 5.91 Å². The molecule has 3 heterocycles. The van der Waals surface area contributed by atoms with Crippen molar-refractivity contribution in [2.75, 3.05) is 31.5 Å². The molecule has 1 amide bonds. The van der Waals surface area contributed by atoms with Crippen LogP contribution < -0.4 is 10.1 Å². The molecule has 8 rings (SSSR count). The molecule has 3 N–H and O–H groups in total. The van der Waals surface area contributed by atoms with Gasteiger partial charge in [0.05, 0.1) is 5.56 Å². The lowest BCUT2D eigenvalue weighted by Gasteiger charge is -2.36. The third kappa shape index (κ3) is 5.71. The quantitative estimate of drug-likeness (QED) is 0.161. The van der Waals surface area contributed by atoms with E-state index >= 15 is 0 Å². The molecule has 246 valence electrons. The Kier molecular flexibility index (Phi) is 7.86. The summed E-state index contributed by atoms with van der Waals surface area (Å²) >= 11 is 3.56. The van der Waals surface area contributed by atoms with Crippen LogP contribution in [0.5, 0.6) is 23.0 Å². The predicted molar refractivity (Wildman–Crippen MR) is 187 cm³/mol. The molecule has 10 heteroatoms. The van der Waals surface area contributed by atoms with E-state index in [-0.39, 0.29) is 23.0 Å². The summed E-state index contributed by atoms with van der Waals surface area (Å²) in [7, 11) is 0. The molecule has 49 heavy (non-hydrogen) atoms. The van der Waals surface area contributed by atoms with Gasteiger partial charge in [0.1, 0.15) is 23.0 Å². The van der Waals surface area contributed by atoms with Crippen molar-refractivity contribution in [1.82, 2.24) is 9.80 Å². The Hall–Kier alpha value is -5.16. The minimum atomic E-state index is -1.39. The molecule has 0 atom stereocenters. The summed E-state index contributed by atoms with van der Waals surface area (Å²) in [6.45, 7) is 5.38. The van der Waals surface area contributed by atoms with E-state index in [4.69, 9.17) is 9.47 Å². The third-order valence-electron chi connectivity index (χ3n) is 9.46. The number of piperazine rings is 1. The number of phenols is 2. The zero-order valence-corrected chi connectivity index (χ0v) is 27.9. The molecule has 0 aromatic heterocycles. The highest BCUT2D eigenvalue weighted by molar-refractivity contribution is 9.10. The summed E-state index contributed by atoms with van der Waals surface area (Å²) in [5.41, 5.74) is 3.73. The summed E-state index contributed by atoms with van der Waals surface area (Å²) in [5.74, 6) is -0.413. The Morgan fingerprint density at radius 1 is 0.755 bits per heavy atom. The average Bonchev–Trinajstić information content (AvgIpc) is 3.38. The van der Waals surface area contributed by atoms with Gasteiger partial charge in [0, 0.05) is 83.8 Å². The van der Waals surface area contributed by atoms with Gasteiger partial charge >= 0.3 is 5.97 Å². The Labute approximate surface area is 291 Å². The Bertz CT molecular complexity index is 2060. The van der Waals surface area contributed by atoms with Gasteiger partial charge in [0.15, 0.2) is 5.60 Å². The molecule has 1 fully saturated rings. The van der Waals surface area contributed by atoms with Crippen molar-refractivity contribution < 1.29 is 29.3 Å². The largest absolute Gasteiger partial charge is 0.508 e. The van der Waals surface area contributed by atoms with Crippen LogP contribution in [-0.2, 0) is 23.4 Å². The number of nitrogens with zero attached hydrogens (tertiary/aromatic N) is 2. The van der Waals surface area contributed by atoms with Gasteiger partial charge < -0.3 is 25.0 Å². The SMILES string of the molecule is O=C(Nc1cc(Br)ccc1CN1CCN(Cc2ccccc2)CC1)c1ccc2c(c1)C(=O)OC21c2ccc(O)cc2Oc2cc(O)ccc21. The fourth-order valence-corrected chi connectivity index (χ4v) is 7.39. The summed E-state index contributed by atoms with van der Waals surface area (Å²) < 4.78 is 13.0. The second-order valence-corrected chi connectivity index (χ2v) is 13.5. The Morgan fingerprint density at radius 3 is 2.06 bits per heavy atom. The number of rotatable bonds is 6. The average molecular weight is 719 g/mol. The van der Waals surface area contributed by atoms with E-state index in [0.717, 1.165) is 42.8 Å². The van der Waals surface area contributed by atoms with Crippen LogP contribution in [0.25, 0.3) is 0 Å². The first kappa shape index (κ1) is 31.1. The smallest absolute Gasteiger partial charge is 0.340 e. The van der Waals surface area contributed by atoms with Crippen molar-refractivity contribution >= 4 is 33.5 Å². The van der Waals surface area contributed by atoms with E-state index in [1.165, 1.54) is 29.8 Å². The summed E-state index contributed by atoms with van der Waals surface area (Å²) in [5, 5.41) is 23.5. The first-order valence-electron chi connectivity index (χ1n) is 16.1. The fourth-order valence-electron chi connectivity index (χ4n) is 7.03. The standard InChI is InChI=1S/C39H32BrN3O6/c40-27-8-6-26(23-43-16-14-42(15-17-43)22-24-4-2-1-3-5-24)34(19-27)41-37(46)25-7-11-31-30(18-25)38(47)49-39(31)32-12-9-28(44)20-35(32)48-36-21-29(45)10-13-33(36)39/h1-13,18-21,44-45H,14-17,22-23H2,(H,41,46). The van der Waals surface area contributed by atoms with E-state index in [2.05, 4.69) is 55.3 Å². The molecule has 3 aliphatic heterocycles. The molecule has 0 aliphatic carbocycles. The van der Waals surface area contributed by atoms with E-state index in [1.54, 1.807) is 30.3 Å². The Morgan fingerprint density at radius 2 is 1.39 bits per heavy atom. The van der Waals surface area contributed by atoms with Crippen LogP contribution in [0.1, 0.15) is 48.5 Å². The lowest BCUT2D eigenvalue weighted by molar-refractivity contribution is 0.0224. The van der Waals surface area contributed by atoms with Crippen LogP contribution in [0.15, 0.2) is 108 Å². The van der Waals surface area contributed by atoms with Crippen LogP contribution in [-0.4, -0.2) is 58.1 Å². The molecule has 5 aromatic rings. The molecule has 5 aromatic carbocycles. The fraction of sp³-hybridized carbons (Fsp3) is 0.179. The van der Waals surface area contributed by atoms with Gasteiger partial charge in [0.2, 0.25) is 0 Å². The molecule has 0 radical (unpaired) electrons. The maximum atomic E-state index is 13.8. The predicted octanol–water partition coefficient (Wildman–Crippen LogP) is 7.00. The number of esters is 1. The van der Waals surface area contributed by atoms with Crippen LogP contribution in [0, 0.1) is 0 Å². The number of carbonyl (C=O) groups excluding carboxylic acids is 2. The molecule has 3 aliphatic rings. The highest BCUT2D eigenvalue weighted by Crippen LogP contribution is 2.57. The maximum Gasteiger partial charge on any atom is 0.340 e. The van der Waals surface area contributed by atoms with E-state index in [0.29, 0.717) is 46.0 Å². The summed E-state index contributed by atoms with van der Waals surface area (Å²) in [6, 6.07) is 30.6. The van der Waals surface area contributed by atoms with Gasteiger partial charge in [-0.05, 0) is 59.7 Å². The van der Waals surface area contributed by atoms with Gasteiger partial charge in [-0.3, -0.25) is 14.6 Å². The molecule has 0 bridgehead atoms. The van der Waals surface area contributed by atoms with Crippen LogP contribution in [0.2, 0.25) is 0 Å². The van der Waals surface area contributed by atoms with Crippen molar-refractivity contribution in [2.24, 2.45) is 0 Å². The second-order valence-electron chi connectivity index (χ2n) is 12.6. The van der Waals surface area contributed by atoms with Crippen molar-refractivity contribution in [3.05, 3.63) is 147 Å². The van der Waals surface area contributed by atoms with Gasteiger partial charge in [-0.15, -0.1) is 0 Å². The highest BCUT2D eigenvalue weighted by Gasteiger charge is 2.53. The number of fused-ring (bicyclic) bond motifs is 6. The number of aromatic hydroxyl groups is 2. The molecule has 0 saturated carbocycles. The van der Waals surface area contributed by atoms with Crippen LogP contribution in [0.4, 0.5) is 5.69 Å². The van der Waals surface area contributed by atoms with Crippen LogP contribution in [0.3, 0.4) is 0 Å². The molecule has 0 unspecified atom stereocenters. The van der Waals surface area contributed by atoms with Crippen molar-refractivity contribution in [1.29, 1.82) is 0 Å². The number of nitrogens with one attached hydrogen (secondary N) is 1. The van der Waals surface area contributed by atoms with Crippen LogP contribution >= 0.6 is 15.9 Å². The molecule has 1 saturated heterocycles. The topological polar surface area (TPSA) is 112 Å². The zero-order chi connectivity index (χ0) is 33.7. The lowest BCUT2D eigenvalue weighted by Crippen LogP contribution is -2.45. The third-order valence-corrected chi connectivity index (χ3v) is 9.96. The first-order chi connectivity index (χ1) is 23.8. The Balaban J connectivity index is 1.04. The maximum absolute atomic E-state index is 13.8. The first-order valence-corrected chi connectivity index (χ1v) is 16.9. The minimum Gasteiger partial charge on any atom is -0.508 e. The van der Waals surface area contributed by atoms with E-state index in [9.17, 15) is 19.8 Å². The molecule has 1 spiro atoms. The number of carbonyl (C=O) groups is 2. The van der Waals surface area contributed by atoms with Gasteiger partial charge in [-0.1, -0.05) is 58.4 Å². The summed E-state index contributed by atoms with van der Waals surface area (Å²) in [4.78, 5) is 32.2. The number of ether oxygens (including phenoxy) is 2. The number of amides is 1. The number of benzene rings is 5. The molecule has 9 nitrogen and oxygen atoms in total. The van der Waals surface area contributed by atoms with E-state index < -0.39 is 11.6 Å². The van der Waals surface area contributed by atoms with Gasteiger partial charge in [-0.25, -0.2) is 4.79 Å². The molecular formula is C39H32BrN3O6. The zero-order valence-electron chi connectivity index (χ0n) is 26.4. The van der Waals surface area contributed by atoms with E-state index in [1.807, 2.05) is 24.3 Å². The second kappa shape index (κ2) is 12.4. The number of phenolic OH excluding ortho intramolecular Hbond substituents is 2. The van der Waals surface area contributed by atoms with Gasteiger partial charge in [-0.2, -0.15) is 0 Å². The molecular weight excluding hydrogens is 686 g/mol.